The smallest absolute Gasteiger partial charge is 0.321 e. The van der Waals surface area contributed by atoms with Gasteiger partial charge in [-0.1, -0.05) is 0 Å². The van der Waals surface area contributed by atoms with Crippen molar-refractivity contribution in [2.45, 2.75) is 18.9 Å². The monoisotopic (exact) mass is 395 g/mol. The van der Waals surface area contributed by atoms with Crippen molar-refractivity contribution in [1.82, 2.24) is 10.2 Å². The van der Waals surface area contributed by atoms with Crippen molar-refractivity contribution in [3.8, 4) is 0 Å². The van der Waals surface area contributed by atoms with Crippen molar-refractivity contribution in [2.75, 3.05) is 25.5 Å². The molecule has 1 fully saturated rings. The fraction of sp³-hybridized carbons (Fsp3) is 0.462. The number of hydrogen-bond donors (Lipinski definition) is 2. The fourth-order valence-electron chi connectivity index (χ4n) is 2.11. The number of nitrogens with one attached hydrogen (secondary N) is 2. The topological polar surface area (TPSA) is 44.4 Å². The largest absolute Gasteiger partial charge is 0.324 e. The molecule has 0 unspecified atom stereocenters. The number of carbonyl (C=O) groups is 1. The zero-order valence-electron chi connectivity index (χ0n) is 10.9. The standard InChI is InChI=1S/C13H18IN3O.ClH/c1-15-11-6-8-17(9-7-11)13(18)16-12-4-2-10(14)3-5-12;/h2-5,11,15H,6-9H2,1H3,(H,16,18);1H. The Labute approximate surface area is 133 Å². The number of nitrogens with zero attached hydrogens (tertiary/aromatic N) is 1. The maximum Gasteiger partial charge on any atom is 0.321 e. The molecule has 106 valence electrons. The van der Waals surface area contributed by atoms with Gasteiger partial charge in [-0.3, -0.25) is 0 Å². The van der Waals surface area contributed by atoms with Gasteiger partial charge in [0.25, 0.3) is 0 Å². The molecule has 0 atom stereocenters. The predicted octanol–water partition coefficient (Wildman–Crippen LogP) is 2.93. The number of halogens is 2. The van der Waals surface area contributed by atoms with Crippen molar-refractivity contribution in [2.24, 2.45) is 0 Å². The number of rotatable bonds is 2. The van der Waals surface area contributed by atoms with E-state index >= 15 is 0 Å². The minimum Gasteiger partial charge on any atom is -0.324 e. The number of piperidine rings is 1. The second-order valence-electron chi connectivity index (χ2n) is 4.49. The molecule has 6 heteroatoms. The van der Waals surface area contributed by atoms with Crippen LogP contribution in [0.25, 0.3) is 0 Å². The second kappa shape index (κ2) is 7.91. The van der Waals surface area contributed by atoms with E-state index in [1.165, 1.54) is 3.57 Å². The summed E-state index contributed by atoms with van der Waals surface area (Å²) in [6.07, 6.45) is 2.05. The normalized spacial score (nSPS) is 15.8. The van der Waals surface area contributed by atoms with Crippen LogP contribution >= 0.6 is 35.0 Å². The van der Waals surface area contributed by atoms with Gasteiger partial charge in [-0.15, -0.1) is 12.4 Å². The zero-order valence-corrected chi connectivity index (χ0v) is 13.8. The van der Waals surface area contributed by atoms with E-state index in [9.17, 15) is 4.79 Å². The first-order chi connectivity index (χ1) is 8.69. The minimum atomic E-state index is 0. The summed E-state index contributed by atoms with van der Waals surface area (Å²) in [4.78, 5) is 13.9. The van der Waals surface area contributed by atoms with Crippen molar-refractivity contribution < 1.29 is 4.79 Å². The van der Waals surface area contributed by atoms with Gasteiger partial charge < -0.3 is 15.5 Å². The van der Waals surface area contributed by atoms with E-state index < -0.39 is 0 Å². The molecular weight excluding hydrogens is 377 g/mol. The Balaban J connectivity index is 0.00000180. The molecule has 2 amide bonds. The number of urea groups is 1. The van der Waals surface area contributed by atoms with Gasteiger partial charge in [0, 0.05) is 28.4 Å². The van der Waals surface area contributed by atoms with Crippen molar-refractivity contribution in [3.63, 3.8) is 0 Å². The van der Waals surface area contributed by atoms with E-state index in [1.807, 2.05) is 36.2 Å². The highest BCUT2D eigenvalue weighted by molar-refractivity contribution is 14.1. The van der Waals surface area contributed by atoms with E-state index in [0.29, 0.717) is 6.04 Å². The molecule has 1 aliphatic heterocycles. The molecule has 0 saturated carbocycles. The van der Waals surface area contributed by atoms with Crippen molar-refractivity contribution in [3.05, 3.63) is 27.8 Å². The van der Waals surface area contributed by atoms with Crippen LogP contribution in [0, 0.1) is 3.57 Å². The summed E-state index contributed by atoms with van der Waals surface area (Å²) in [5.74, 6) is 0. The fourth-order valence-corrected chi connectivity index (χ4v) is 2.47. The van der Waals surface area contributed by atoms with E-state index in [0.717, 1.165) is 31.6 Å². The van der Waals surface area contributed by atoms with Gasteiger partial charge >= 0.3 is 6.03 Å². The summed E-state index contributed by atoms with van der Waals surface area (Å²) in [5.41, 5.74) is 0.858. The van der Waals surface area contributed by atoms with E-state index in [1.54, 1.807) is 0 Å². The quantitative estimate of drug-likeness (QED) is 0.756. The van der Waals surface area contributed by atoms with Gasteiger partial charge in [0.2, 0.25) is 0 Å². The first-order valence-electron chi connectivity index (χ1n) is 6.18. The molecule has 1 aromatic carbocycles. The van der Waals surface area contributed by atoms with Crippen LogP contribution in [0.3, 0.4) is 0 Å². The van der Waals surface area contributed by atoms with Gasteiger partial charge in [-0.25, -0.2) is 4.79 Å². The average molecular weight is 396 g/mol. The van der Waals surface area contributed by atoms with Gasteiger partial charge in [0.1, 0.15) is 0 Å². The van der Waals surface area contributed by atoms with Crippen LogP contribution in [0.4, 0.5) is 10.5 Å². The molecule has 1 saturated heterocycles. The lowest BCUT2D eigenvalue weighted by Gasteiger charge is -2.31. The predicted molar refractivity (Wildman–Crippen MR) is 89.1 cm³/mol. The van der Waals surface area contributed by atoms with E-state index in [-0.39, 0.29) is 18.4 Å². The van der Waals surface area contributed by atoms with Gasteiger partial charge in [-0.2, -0.15) is 0 Å². The molecule has 0 radical (unpaired) electrons. The summed E-state index contributed by atoms with van der Waals surface area (Å²) in [7, 11) is 1.98. The average Bonchev–Trinajstić information content (AvgIpc) is 2.41. The first-order valence-corrected chi connectivity index (χ1v) is 7.25. The first kappa shape index (κ1) is 16.5. The molecule has 2 N–H and O–H groups in total. The Morgan fingerprint density at radius 3 is 2.37 bits per heavy atom. The third kappa shape index (κ3) is 4.81. The third-order valence-electron chi connectivity index (χ3n) is 3.29. The maximum absolute atomic E-state index is 12.0. The van der Waals surface area contributed by atoms with Gasteiger partial charge in [-0.05, 0) is 66.7 Å². The summed E-state index contributed by atoms with van der Waals surface area (Å²) in [5, 5.41) is 6.20. The summed E-state index contributed by atoms with van der Waals surface area (Å²) >= 11 is 2.25. The summed E-state index contributed by atoms with van der Waals surface area (Å²) < 4.78 is 1.17. The van der Waals surface area contributed by atoms with Crippen LogP contribution < -0.4 is 10.6 Å². The lowest BCUT2D eigenvalue weighted by molar-refractivity contribution is 0.190. The van der Waals surface area contributed by atoms with E-state index in [2.05, 4.69) is 33.2 Å². The van der Waals surface area contributed by atoms with Gasteiger partial charge in [0.05, 0.1) is 0 Å². The molecule has 0 aromatic heterocycles. The zero-order chi connectivity index (χ0) is 13.0. The molecule has 1 heterocycles. The van der Waals surface area contributed by atoms with Crippen LogP contribution in [-0.2, 0) is 0 Å². The molecule has 1 aliphatic rings. The lowest BCUT2D eigenvalue weighted by Crippen LogP contribution is -2.45. The van der Waals surface area contributed by atoms with Crippen LogP contribution in [0.5, 0.6) is 0 Å². The number of hydrogen-bond acceptors (Lipinski definition) is 2. The lowest BCUT2D eigenvalue weighted by atomic mass is 10.1. The highest BCUT2D eigenvalue weighted by Crippen LogP contribution is 2.14. The Kier molecular flexibility index (Phi) is 6.88. The Morgan fingerprint density at radius 2 is 1.84 bits per heavy atom. The third-order valence-corrected chi connectivity index (χ3v) is 4.01. The highest BCUT2D eigenvalue weighted by atomic mass is 127. The van der Waals surface area contributed by atoms with Crippen LogP contribution in [0.15, 0.2) is 24.3 Å². The van der Waals surface area contributed by atoms with Crippen LogP contribution in [-0.4, -0.2) is 37.1 Å². The Morgan fingerprint density at radius 1 is 1.26 bits per heavy atom. The van der Waals surface area contributed by atoms with Gasteiger partial charge in [0.15, 0.2) is 0 Å². The Hall–Kier alpha value is -0.530. The highest BCUT2D eigenvalue weighted by Gasteiger charge is 2.21. The molecular formula is C13H19ClIN3O. The number of anilines is 1. The Bertz CT molecular complexity index is 405. The maximum atomic E-state index is 12.0. The number of benzene rings is 1. The molecule has 0 aliphatic carbocycles. The van der Waals surface area contributed by atoms with Crippen molar-refractivity contribution in [1.29, 1.82) is 0 Å². The van der Waals surface area contributed by atoms with Crippen LogP contribution in [0.2, 0.25) is 0 Å². The molecule has 0 bridgehead atoms. The molecule has 0 spiro atoms. The number of likely N-dealkylation sites (tertiary alicyclic amines) is 1. The molecule has 1 aromatic rings. The molecule has 19 heavy (non-hydrogen) atoms. The van der Waals surface area contributed by atoms with E-state index in [4.69, 9.17) is 0 Å². The SMILES string of the molecule is CNC1CCN(C(=O)Nc2ccc(I)cc2)CC1.Cl. The molecule has 2 rings (SSSR count). The number of carbonyl (C=O) groups excluding carboxylic acids is 1. The van der Waals surface area contributed by atoms with Crippen molar-refractivity contribution >= 4 is 46.7 Å². The second-order valence-corrected chi connectivity index (χ2v) is 5.73. The minimum absolute atomic E-state index is 0. The summed E-state index contributed by atoms with van der Waals surface area (Å²) in [6.45, 7) is 1.64. The summed E-state index contributed by atoms with van der Waals surface area (Å²) in [6, 6.07) is 8.39. The molecule has 4 nitrogen and oxygen atoms in total. The number of amides is 2. The van der Waals surface area contributed by atoms with Crippen LogP contribution in [0.1, 0.15) is 12.8 Å².